The molecule has 0 aromatic heterocycles. The standard InChI is InChI=1S/C13H23NO3/c1-9(2)13(12(15)16)5-6-14(8-13)11-4-7-17-10(11)3/h9-11H,4-8H2,1-3H3,(H,15,16). The molecule has 0 amide bonds. The first-order valence-corrected chi connectivity index (χ1v) is 6.56. The molecule has 2 heterocycles. The number of hydrogen-bond donors (Lipinski definition) is 1. The Bertz CT molecular complexity index is 305. The van der Waals surface area contributed by atoms with Gasteiger partial charge < -0.3 is 9.84 Å². The molecule has 0 aromatic carbocycles. The van der Waals surface area contributed by atoms with E-state index in [0.29, 0.717) is 12.6 Å². The molecule has 1 N–H and O–H groups in total. The van der Waals surface area contributed by atoms with Crippen LogP contribution in [0.1, 0.15) is 33.6 Å². The molecule has 4 nitrogen and oxygen atoms in total. The summed E-state index contributed by atoms with van der Waals surface area (Å²) in [5.41, 5.74) is -0.553. The summed E-state index contributed by atoms with van der Waals surface area (Å²) in [5.74, 6) is -0.454. The molecule has 2 saturated heterocycles. The van der Waals surface area contributed by atoms with Crippen LogP contribution >= 0.6 is 0 Å². The van der Waals surface area contributed by atoms with Crippen molar-refractivity contribution < 1.29 is 14.6 Å². The van der Waals surface area contributed by atoms with Crippen molar-refractivity contribution in [3.63, 3.8) is 0 Å². The summed E-state index contributed by atoms with van der Waals surface area (Å²) in [5, 5.41) is 9.50. The molecule has 0 saturated carbocycles. The highest BCUT2D eigenvalue weighted by Gasteiger charge is 2.49. The number of carboxylic acids is 1. The largest absolute Gasteiger partial charge is 0.481 e. The number of carboxylic acid groups (broad SMARTS) is 1. The monoisotopic (exact) mass is 241 g/mol. The quantitative estimate of drug-likeness (QED) is 0.815. The van der Waals surface area contributed by atoms with Gasteiger partial charge in [0.05, 0.1) is 11.5 Å². The lowest BCUT2D eigenvalue weighted by atomic mass is 9.76. The molecule has 17 heavy (non-hydrogen) atoms. The summed E-state index contributed by atoms with van der Waals surface area (Å²) >= 11 is 0. The molecule has 4 heteroatoms. The second-order valence-electron chi connectivity index (χ2n) is 5.77. The molecular formula is C13H23NO3. The zero-order valence-electron chi connectivity index (χ0n) is 11.0. The van der Waals surface area contributed by atoms with E-state index < -0.39 is 11.4 Å². The lowest BCUT2D eigenvalue weighted by molar-refractivity contribution is -0.151. The van der Waals surface area contributed by atoms with Crippen LogP contribution in [0.4, 0.5) is 0 Å². The van der Waals surface area contributed by atoms with Gasteiger partial charge in [0.2, 0.25) is 0 Å². The van der Waals surface area contributed by atoms with E-state index in [-0.39, 0.29) is 12.0 Å². The van der Waals surface area contributed by atoms with Crippen molar-refractivity contribution in [1.29, 1.82) is 0 Å². The van der Waals surface area contributed by atoms with Crippen LogP contribution in [0.15, 0.2) is 0 Å². The number of aliphatic carboxylic acids is 1. The summed E-state index contributed by atoms with van der Waals surface area (Å²) in [6, 6.07) is 0.412. The number of ether oxygens (including phenoxy) is 1. The van der Waals surface area contributed by atoms with E-state index in [0.717, 1.165) is 26.0 Å². The summed E-state index contributed by atoms with van der Waals surface area (Å²) < 4.78 is 5.58. The second-order valence-corrected chi connectivity index (χ2v) is 5.77. The van der Waals surface area contributed by atoms with Gasteiger partial charge in [-0.3, -0.25) is 9.69 Å². The van der Waals surface area contributed by atoms with Crippen molar-refractivity contribution in [2.75, 3.05) is 19.7 Å². The van der Waals surface area contributed by atoms with Gasteiger partial charge in [0.1, 0.15) is 0 Å². The first-order valence-electron chi connectivity index (χ1n) is 6.56. The average Bonchev–Trinajstić information content (AvgIpc) is 2.83. The van der Waals surface area contributed by atoms with Crippen molar-refractivity contribution >= 4 is 5.97 Å². The molecular weight excluding hydrogens is 218 g/mol. The van der Waals surface area contributed by atoms with Crippen molar-refractivity contribution in [3.8, 4) is 0 Å². The van der Waals surface area contributed by atoms with E-state index >= 15 is 0 Å². The Labute approximate surface area is 103 Å². The van der Waals surface area contributed by atoms with Gasteiger partial charge in [-0.05, 0) is 32.2 Å². The van der Waals surface area contributed by atoms with E-state index in [1.54, 1.807) is 0 Å². The maximum atomic E-state index is 11.5. The van der Waals surface area contributed by atoms with Gasteiger partial charge in [0, 0.05) is 19.2 Å². The topological polar surface area (TPSA) is 49.8 Å². The molecule has 2 aliphatic heterocycles. The predicted octanol–water partition coefficient (Wildman–Crippen LogP) is 1.60. The molecule has 98 valence electrons. The Hall–Kier alpha value is -0.610. The van der Waals surface area contributed by atoms with E-state index in [2.05, 4.69) is 11.8 Å². The number of likely N-dealkylation sites (tertiary alicyclic amines) is 1. The second kappa shape index (κ2) is 4.58. The Kier molecular flexibility index (Phi) is 3.46. The van der Waals surface area contributed by atoms with Crippen LogP contribution in [0.5, 0.6) is 0 Å². The number of carbonyl (C=O) groups is 1. The maximum absolute atomic E-state index is 11.5. The lowest BCUT2D eigenvalue weighted by Gasteiger charge is -2.31. The minimum atomic E-state index is -0.637. The molecule has 2 fully saturated rings. The zero-order chi connectivity index (χ0) is 12.6. The van der Waals surface area contributed by atoms with Crippen molar-refractivity contribution in [1.82, 2.24) is 4.90 Å². The van der Waals surface area contributed by atoms with Crippen molar-refractivity contribution in [3.05, 3.63) is 0 Å². The van der Waals surface area contributed by atoms with Crippen LogP contribution in [0.25, 0.3) is 0 Å². The molecule has 0 bridgehead atoms. The molecule has 3 atom stereocenters. The molecule has 0 radical (unpaired) electrons. The summed E-state index contributed by atoms with van der Waals surface area (Å²) in [6.45, 7) is 8.51. The SMILES string of the molecule is CC1OCCC1N1CCC(C(=O)O)(C(C)C)C1. The third kappa shape index (κ3) is 2.08. The van der Waals surface area contributed by atoms with E-state index in [4.69, 9.17) is 4.74 Å². The predicted molar refractivity (Wildman–Crippen MR) is 64.9 cm³/mol. The fraction of sp³-hybridized carbons (Fsp3) is 0.923. The molecule has 0 spiro atoms. The van der Waals surface area contributed by atoms with Crippen LogP contribution in [0.3, 0.4) is 0 Å². The minimum absolute atomic E-state index is 0.183. The highest BCUT2D eigenvalue weighted by atomic mass is 16.5. The van der Waals surface area contributed by atoms with E-state index in [9.17, 15) is 9.90 Å². The Morgan fingerprint density at radius 1 is 1.53 bits per heavy atom. The van der Waals surface area contributed by atoms with Gasteiger partial charge in [-0.2, -0.15) is 0 Å². The van der Waals surface area contributed by atoms with Gasteiger partial charge in [0.25, 0.3) is 0 Å². The normalized spacial score (nSPS) is 39.1. The smallest absolute Gasteiger partial charge is 0.311 e. The summed E-state index contributed by atoms with van der Waals surface area (Å²) in [7, 11) is 0. The first kappa shape index (κ1) is 12.8. The van der Waals surface area contributed by atoms with Crippen LogP contribution in [0, 0.1) is 11.3 Å². The molecule has 3 unspecified atom stereocenters. The summed E-state index contributed by atoms with van der Waals surface area (Å²) in [6.07, 6.45) is 2.05. The Morgan fingerprint density at radius 2 is 2.24 bits per heavy atom. The Balaban J connectivity index is 2.09. The fourth-order valence-electron chi connectivity index (χ4n) is 3.24. The number of hydrogen-bond acceptors (Lipinski definition) is 3. The van der Waals surface area contributed by atoms with E-state index in [1.807, 2.05) is 13.8 Å². The molecule has 2 aliphatic rings. The van der Waals surface area contributed by atoms with Gasteiger partial charge in [-0.25, -0.2) is 0 Å². The first-order chi connectivity index (χ1) is 7.97. The van der Waals surface area contributed by atoms with Gasteiger partial charge >= 0.3 is 5.97 Å². The number of rotatable bonds is 3. The third-order valence-electron chi connectivity index (χ3n) is 4.67. The Morgan fingerprint density at radius 3 is 2.65 bits per heavy atom. The summed E-state index contributed by atoms with van der Waals surface area (Å²) in [4.78, 5) is 13.9. The fourth-order valence-corrected chi connectivity index (χ4v) is 3.24. The maximum Gasteiger partial charge on any atom is 0.311 e. The van der Waals surface area contributed by atoms with Crippen LogP contribution in [-0.2, 0) is 9.53 Å². The number of nitrogens with zero attached hydrogens (tertiary/aromatic N) is 1. The van der Waals surface area contributed by atoms with Gasteiger partial charge in [0.15, 0.2) is 0 Å². The van der Waals surface area contributed by atoms with Gasteiger partial charge in [-0.1, -0.05) is 13.8 Å². The highest BCUT2D eigenvalue weighted by molar-refractivity contribution is 5.75. The molecule has 2 rings (SSSR count). The lowest BCUT2D eigenvalue weighted by Crippen LogP contribution is -2.43. The van der Waals surface area contributed by atoms with Crippen LogP contribution in [0.2, 0.25) is 0 Å². The average molecular weight is 241 g/mol. The van der Waals surface area contributed by atoms with Crippen LogP contribution < -0.4 is 0 Å². The highest BCUT2D eigenvalue weighted by Crippen LogP contribution is 2.40. The zero-order valence-corrected chi connectivity index (χ0v) is 11.0. The van der Waals surface area contributed by atoms with Crippen LogP contribution in [-0.4, -0.2) is 47.8 Å². The minimum Gasteiger partial charge on any atom is -0.481 e. The third-order valence-corrected chi connectivity index (χ3v) is 4.67. The van der Waals surface area contributed by atoms with Gasteiger partial charge in [-0.15, -0.1) is 0 Å². The van der Waals surface area contributed by atoms with Crippen molar-refractivity contribution in [2.24, 2.45) is 11.3 Å². The molecule has 0 aromatic rings. The molecule has 0 aliphatic carbocycles. The van der Waals surface area contributed by atoms with Crippen molar-refractivity contribution in [2.45, 2.75) is 45.8 Å². The van der Waals surface area contributed by atoms with E-state index in [1.165, 1.54) is 0 Å².